The lowest BCUT2D eigenvalue weighted by molar-refractivity contribution is -0.137. The van der Waals surface area contributed by atoms with E-state index in [1.165, 1.54) is 6.07 Å². The third-order valence-corrected chi connectivity index (χ3v) is 4.22. The Morgan fingerprint density at radius 2 is 1.92 bits per heavy atom. The number of H-pyrrole nitrogens is 1. The maximum atomic E-state index is 12.9. The maximum absolute atomic E-state index is 12.9. The Balaban J connectivity index is 1.91. The Labute approximate surface area is 157 Å². The summed E-state index contributed by atoms with van der Waals surface area (Å²) < 4.78 is 45.1. The molecule has 0 radical (unpaired) electrons. The third-order valence-electron chi connectivity index (χ3n) is 3.76. The summed E-state index contributed by atoms with van der Waals surface area (Å²) in [6, 6.07) is 8.94. The van der Waals surface area contributed by atoms with Gasteiger partial charge in [-0.2, -0.15) is 13.2 Å². The fourth-order valence-corrected chi connectivity index (χ4v) is 2.92. The largest absolute Gasteiger partial charge is 0.492 e. The number of aromatic nitrogens is 2. The number of aromatic amines is 1. The van der Waals surface area contributed by atoms with Crippen LogP contribution in [-0.4, -0.2) is 42.1 Å². The number of halogens is 4. The average molecular weight is 428 g/mol. The van der Waals surface area contributed by atoms with E-state index in [1.54, 1.807) is 0 Å². The molecular formula is C18H17BrF3N3O. The number of hydrogen-bond donors (Lipinski definition) is 1. The smallest absolute Gasteiger partial charge is 0.416 e. The van der Waals surface area contributed by atoms with Crippen molar-refractivity contribution in [1.82, 2.24) is 14.9 Å². The molecule has 0 spiro atoms. The molecule has 138 valence electrons. The lowest BCUT2D eigenvalue weighted by atomic mass is 10.2. The molecule has 0 amide bonds. The molecule has 1 aromatic heterocycles. The molecule has 4 nitrogen and oxygen atoms in total. The van der Waals surface area contributed by atoms with Crippen molar-refractivity contribution in [2.75, 3.05) is 27.2 Å². The molecule has 0 saturated heterocycles. The van der Waals surface area contributed by atoms with Crippen LogP contribution in [0.5, 0.6) is 5.75 Å². The first-order valence-electron chi connectivity index (χ1n) is 7.88. The lowest BCUT2D eigenvalue weighted by Gasteiger charge is -2.12. The van der Waals surface area contributed by atoms with E-state index in [2.05, 4.69) is 25.9 Å². The van der Waals surface area contributed by atoms with Crippen molar-refractivity contribution < 1.29 is 17.9 Å². The fourth-order valence-electron chi connectivity index (χ4n) is 2.45. The van der Waals surface area contributed by atoms with Gasteiger partial charge in [0.05, 0.1) is 16.6 Å². The summed E-state index contributed by atoms with van der Waals surface area (Å²) in [5.41, 5.74) is 0.832. The molecule has 2 aromatic carbocycles. The maximum Gasteiger partial charge on any atom is 0.416 e. The Morgan fingerprint density at radius 1 is 1.15 bits per heavy atom. The topological polar surface area (TPSA) is 41.1 Å². The molecule has 0 bridgehead atoms. The molecular weight excluding hydrogens is 411 g/mol. The van der Waals surface area contributed by atoms with E-state index >= 15 is 0 Å². The van der Waals surface area contributed by atoms with Gasteiger partial charge in [0.15, 0.2) is 0 Å². The van der Waals surface area contributed by atoms with Gasteiger partial charge < -0.3 is 14.6 Å². The van der Waals surface area contributed by atoms with Gasteiger partial charge in [0, 0.05) is 16.6 Å². The molecule has 0 atom stereocenters. The zero-order chi connectivity index (χ0) is 18.9. The Bertz CT molecular complexity index is 922. The van der Waals surface area contributed by atoms with Crippen LogP contribution < -0.4 is 4.74 Å². The molecule has 0 aliphatic carbocycles. The summed E-state index contributed by atoms with van der Waals surface area (Å²) >= 11 is 3.43. The molecule has 0 fully saturated rings. The highest BCUT2D eigenvalue weighted by molar-refractivity contribution is 9.10. The monoisotopic (exact) mass is 427 g/mol. The zero-order valence-electron chi connectivity index (χ0n) is 14.2. The fraction of sp³-hybridized carbons (Fsp3) is 0.278. The summed E-state index contributed by atoms with van der Waals surface area (Å²) in [5.74, 6) is 1.14. The molecule has 1 heterocycles. The van der Waals surface area contributed by atoms with Gasteiger partial charge in [-0.3, -0.25) is 0 Å². The molecule has 0 aliphatic rings. The minimum atomic E-state index is -4.39. The van der Waals surface area contributed by atoms with Crippen LogP contribution in [0.25, 0.3) is 22.4 Å². The van der Waals surface area contributed by atoms with Crippen LogP contribution in [-0.2, 0) is 6.18 Å². The van der Waals surface area contributed by atoms with Crippen molar-refractivity contribution in [3.8, 4) is 17.1 Å². The van der Waals surface area contributed by atoms with E-state index in [0.29, 0.717) is 29.2 Å². The highest BCUT2D eigenvalue weighted by Gasteiger charge is 2.30. The number of likely N-dealkylation sites (N-methyl/N-ethyl adjacent to an activating group) is 1. The van der Waals surface area contributed by atoms with Gasteiger partial charge in [0.2, 0.25) is 0 Å². The normalized spacial score (nSPS) is 12.1. The number of nitrogens with one attached hydrogen (secondary N) is 1. The molecule has 3 aromatic rings. The van der Waals surface area contributed by atoms with Crippen molar-refractivity contribution in [3.63, 3.8) is 0 Å². The van der Waals surface area contributed by atoms with Crippen LogP contribution >= 0.6 is 15.9 Å². The Kier molecular flexibility index (Phi) is 5.24. The molecule has 26 heavy (non-hydrogen) atoms. The standard InChI is InChI=1S/C18H17BrF3N3O/c1-25(2)5-6-26-14-8-11(7-13(19)10-14)17-23-15-4-3-12(18(20,21)22)9-16(15)24-17/h3-4,7-10H,5-6H2,1-2H3,(H,23,24). The van der Waals surface area contributed by atoms with Crippen LogP contribution in [0.3, 0.4) is 0 Å². The van der Waals surface area contributed by atoms with Crippen LogP contribution in [0.15, 0.2) is 40.9 Å². The summed E-state index contributed by atoms with van der Waals surface area (Å²) in [4.78, 5) is 9.36. The van der Waals surface area contributed by atoms with Gasteiger partial charge >= 0.3 is 6.18 Å². The highest BCUT2D eigenvalue weighted by atomic mass is 79.9. The van der Waals surface area contributed by atoms with E-state index in [-0.39, 0.29) is 0 Å². The third kappa shape index (κ3) is 4.37. The predicted molar refractivity (Wildman–Crippen MR) is 98.3 cm³/mol. The van der Waals surface area contributed by atoms with Crippen LogP contribution in [0.1, 0.15) is 5.56 Å². The lowest BCUT2D eigenvalue weighted by Crippen LogP contribution is -2.19. The van der Waals surface area contributed by atoms with Crippen LogP contribution in [0, 0.1) is 0 Å². The van der Waals surface area contributed by atoms with Crippen molar-refractivity contribution >= 4 is 27.0 Å². The Hall–Kier alpha value is -2.06. The predicted octanol–water partition coefficient (Wildman–Crippen LogP) is 4.95. The molecule has 3 rings (SSSR count). The first-order chi connectivity index (χ1) is 12.2. The van der Waals surface area contributed by atoms with Gasteiger partial charge in [0.25, 0.3) is 0 Å². The van der Waals surface area contributed by atoms with Gasteiger partial charge in [-0.15, -0.1) is 0 Å². The number of benzene rings is 2. The SMILES string of the molecule is CN(C)CCOc1cc(Br)cc(-c2nc3ccc(C(F)(F)F)cc3[nH]2)c1. The van der Waals surface area contributed by atoms with Gasteiger partial charge in [-0.1, -0.05) is 15.9 Å². The van der Waals surface area contributed by atoms with Crippen molar-refractivity contribution in [2.24, 2.45) is 0 Å². The zero-order valence-corrected chi connectivity index (χ0v) is 15.8. The van der Waals surface area contributed by atoms with Crippen LogP contribution in [0.4, 0.5) is 13.2 Å². The number of rotatable bonds is 5. The number of fused-ring (bicyclic) bond motifs is 1. The minimum Gasteiger partial charge on any atom is -0.492 e. The number of alkyl halides is 3. The summed E-state index contributed by atoms with van der Waals surface area (Å²) in [7, 11) is 3.92. The van der Waals surface area contributed by atoms with Gasteiger partial charge in [0.1, 0.15) is 18.2 Å². The average Bonchev–Trinajstić information content (AvgIpc) is 2.96. The molecule has 1 N–H and O–H groups in total. The Morgan fingerprint density at radius 3 is 2.62 bits per heavy atom. The summed E-state index contributed by atoms with van der Waals surface area (Å²) in [6.45, 7) is 1.30. The van der Waals surface area contributed by atoms with Crippen molar-refractivity contribution in [2.45, 2.75) is 6.18 Å². The molecule has 0 unspecified atom stereocenters. The number of ether oxygens (including phenoxy) is 1. The van der Waals surface area contributed by atoms with Crippen LogP contribution in [0.2, 0.25) is 0 Å². The first kappa shape index (κ1) is 18.7. The quantitative estimate of drug-likeness (QED) is 0.625. The number of nitrogens with zero attached hydrogens (tertiary/aromatic N) is 2. The molecule has 8 heteroatoms. The molecule has 0 saturated carbocycles. The summed E-state index contributed by atoms with van der Waals surface area (Å²) in [6.07, 6.45) is -4.39. The number of imidazole rings is 1. The van der Waals surface area contributed by atoms with E-state index < -0.39 is 11.7 Å². The van der Waals surface area contributed by atoms with E-state index in [4.69, 9.17) is 4.74 Å². The first-order valence-corrected chi connectivity index (χ1v) is 8.67. The van der Waals surface area contributed by atoms with Crippen molar-refractivity contribution in [1.29, 1.82) is 0 Å². The molecule has 0 aliphatic heterocycles. The van der Waals surface area contributed by atoms with E-state index in [0.717, 1.165) is 28.7 Å². The minimum absolute atomic E-state index is 0.338. The second kappa shape index (κ2) is 7.28. The van der Waals surface area contributed by atoms with Gasteiger partial charge in [-0.25, -0.2) is 4.98 Å². The second-order valence-electron chi connectivity index (χ2n) is 6.14. The van der Waals surface area contributed by atoms with Crippen molar-refractivity contribution in [3.05, 3.63) is 46.4 Å². The summed E-state index contributed by atoms with van der Waals surface area (Å²) in [5, 5.41) is 0. The van der Waals surface area contributed by atoms with E-state index in [1.807, 2.05) is 37.2 Å². The second-order valence-corrected chi connectivity index (χ2v) is 7.06. The van der Waals surface area contributed by atoms with Gasteiger partial charge in [-0.05, 0) is 50.5 Å². The highest BCUT2D eigenvalue weighted by Crippen LogP contribution is 2.33. The number of hydrogen-bond acceptors (Lipinski definition) is 3. The van der Waals surface area contributed by atoms with E-state index in [9.17, 15) is 13.2 Å².